The normalized spacial score (nSPS) is 18.0. The van der Waals surface area contributed by atoms with E-state index < -0.39 is 0 Å². The van der Waals surface area contributed by atoms with Crippen LogP contribution in [-0.4, -0.2) is 17.8 Å². The zero-order valence-corrected chi connectivity index (χ0v) is 13.1. The van der Waals surface area contributed by atoms with E-state index in [1.54, 1.807) is 0 Å². The minimum absolute atomic E-state index is 0.191. The molecule has 4 heteroatoms. The monoisotopic (exact) mass is 345 g/mol. The van der Waals surface area contributed by atoms with Gasteiger partial charge in [-0.05, 0) is 42.3 Å². The van der Waals surface area contributed by atoms with Crippen molar-refractivity contribution in [3.8, 4) is 11.5 Å². The largest absolute Gasteiger partial charge is 0.457 e. The number of para-hydroxylation sites is 1. The number of ether oxygens (including phenoxy) is 1. The van der Waals surface area contributed by atoms with E-state index in [1.807, 2.05) is 59.5 Å². The van der Waals surface area contributed by atoms with Crippen molar-refractivity contribution in [3.05, 3.63) is 54.6 Å². The highest BCUT2D eigenvalue weighted by Gasteiger charge is 2.29. The molecule has 2 aromatic rings. The van der Waals surface area contributed by atoms with E-state index in [4.69, 9.17) is 4.74 Å². The van der Waals surface area contributed by atoms with Crippen LogP contribution in [0.4, 0.5) is 5.69 Å². The molecule has 0 saturated carbocycles. The van der Waals surface area contributed by atoms with E-state index in [-0.39, 0.29) is 5.91 Å². The second-order valence-corrected chi connectivity index (χ2v) is 5.79. The van der Waals surface area contributed by atoms with Crippen LogP contribution in [0, 0.1) is 5.92 Å². The van der Waals surface area contributed by atoms with Gasteiger partial charge in [0.15, 0.2) is 0 Å². The molecule has 0 bridgehead atoms. The molecule has 1 amide bonds. The Hall–Kier alpha value is -1.81. The summed E-state index contributed by atoms with van der Waals surface area (Å²) in [5, 5.41) is 0.866. The van der Waals surface area contributed by atoms with Crippen LogP contribution in [-0.2, 0) is 4.79 Å². The lowest BCUT2D eigenvalue weighted by Gasteiger charge is -2.17. The van der Waals surface area contributed by atoms with Crippen molar-refractivity contribution in [2.45, 2.75) is 6.42 Å². The van der Waals surface area contributed by atoms with E-state index in [9.17, 15) is 4.79 Å². The second kappa shape index (κ2) is 6.31. The van der Waals surface area contributed by atoms with E-state index in [0.717, 1.165) is 29.1 Å². The van der Waals surface area contributed by atoms with Crippen LogP contribution in [0.5, 0.6) is 11.5 Å². The highest BCUT2D eigenvalue weighted by Crippen LogP contribution is 2.29. The zero-order chi connectivity index (χ0) is 14.7. The maximum Gasteiger partial charge on any atom is 0.227 e. The number of halogens is 1. The standard InChI is InChI=1S/C17H16BrNO2/c18-11-13-10-17(20)19(12-13)14-6-8-16(9-7-14)21-15-4-2-1-3-5-15/h1-9,13H,10-12H2. The molecule has 108 valence electrons. The number of carbonyl (C=O) groups is 1. The highest BCUT2D eigenvalue weighted by atomic mass is 79.9. The maximum absolute atomic E-state index is 12.0. The highest BCUT2D eigenvalue weighted by molar-refractivity contribution is 9.09. The average molecular weight is 346 g/mol. The van der Waals surface area contributed by atoms with Crippen LogP contribution >= 0.6 is 15.9 Å². The van der Waals surface area contributed by atoms with Crippen LogP contribution in [0.2, 0.25) is 0 Å². The number of rotatable bonds is 4. The van der Waals surface area contributed by atoms with E-state index in [0.29, 0.717) is 12.3 Å². The van der Waals surface area contributed by atoms with Crippen molar-refractivity contribution in [3.63, 3.8) is 0 Å². The van der Waals surface area contributed by atoms with Crippen molar-refractivity contribution in [1.29, 1.82) is 0 Å². The van der Waals surface area contributed by atoms with Gasteiger partial charge in [-0.2, -0.15) is 0 Å². The summed E-state index contributed by atoms with van der Waals surface area (Å²) in [6.45, 7) is 0.781. The SMILES string of the molecule is O=C1CC(CBr)CN1c1ccc(Oc2ccccc2)cc1. The number of amides is 1. The Kier molecular flexibility index (Phi) is 4.25. The van der Waals surface area contributed by atoms with Crippen molar-refractivity contribution in [2.75, 3.05) is 16.8 Å². The maximum atomic E-state index is 12.0. The molecule has 3 rings (SSSR count). The van der Waals surface area contributed by atoms with Crippen LogP contribution < -0.4 is 9.64 Å². The lowest BCUT2D eigenvalue weighted by Crippen LogP contribution is -2.24. The van der Waals surface area contributed by atoms with Gasteiger partial charge in [0, 0.05) is 24.0 Å². The molecule has 1 heterocycles. The van der Waals surface area contributed by atoms with Gasteiger partial charge in [-0.25, -0.2) is 0 Å². The summed E-state index contributed by atoms with van der Waals surface area (Å²) in [5.41, 5.74) is 0.934. The van der Waals surface area contributed by atoms with Crippen LogP contribution in [0.1, 0.15) is 6.42 Å². The fourth-order valence-corrected chi connectivity index (χ4v) is 2.89. The molecule has 2 aromatic carbocycles. The Labute approximate surface area is 132 Å². The van der Waals surface area contributed by atoms with Gasteiger partial charge in [0.25, 0.3) is 0 Å². The van der Waals surface area contributed by atoms with Gasteiger partial charge >= 0.3 is 0 Å². The Morgan fingerprint density at radius 1 is 1.05 bits per heavy atom. The minimum Gasteiger partial charge on any atom is -0.457 e. The van der Waals surface area contributed by atoms with Crippen molar-refractivity contribution < 1.29 is 9.53 Å². The predicted molar refractivity (Wildman–Crippen MR) is 87.2 cm³/mol. The first-order valence-electron chi connectivity index (χ1n) is 6.95. The van der Waals surface area contributed by atoms with Gasteiger partial charge in [0.2, 0.25) is 5.91 Å². The first-order valence-corrected chi connectivity index (χ1v) is 8.07. The quantitative estimate of drug-likeness (QED) is 0.776. The fraction of sp³-hybridized carbons (Fsp3) is 0.235. The number of anilines is 1. The number of nitrogens with zero attached hydrogens (tertiary/aromatic N) is 1. The number of hydrogen-bond acceptors (Lipinski definition) is 2. The van der Waals surface area contributed by atoms with E-state index >= 15 is 0 Å². The summed E-state index contributed by atoms with van der Waals surface area (Å²) >= 11 is 3.45. The molecule has 0 aromatic heterocycles. The molecule has 0 radical (unpaired) electrons. The molecule has 1 unspecified atom stereocenters. The third-order valence-corrected chi connectivity index (χ3v) is 4.47. The second-order valence-electron chi connectivity index (χ2n) is 5.14. The molecule has 1 saturated heterocycles. The Bertz CT molecular complexity index is 612. The summed E-state index contributed by atoms with van der Waals surface area (Å²) < 4.78 is 5.75. The Morgan fingerprint density at radius 2 is 1.71 bits per heavy atom. The van der Waals surface area contributed by atoms with E-state index in [1.165, 1.54) is 0 Å². The topological polar surface area (TPSA) is 29.5 Å². The number of hydrogen-bond donors (Lipinski definition) is 0. The first kappa shape index (κ1) is 14.1. The van der Waals surface area contributed by atoms with Gasteiger partial charge < -0.3 is 9.64 Å². The smallest absolute Gasteiger partial charge is 0.227 e. The van der Waals surface area contributed by atoms with Gasteiger partial charge in [-0.15, -0.1) is 0 Å². The van der Waals surface area contributed by atoms with Crippen molar-refractivity contribution in [1.82, 2.24) is 0 Å². The molecule has 1 fully saturated rings. The number of alkyl halides is 1. The lowest BCUT2D eigenvalue weighted by atomic mass is 10.2. The minimum atomic E-state index is 0.191. The average Bonchev–Trinajstić information content (AvgIpc) is 2.90. The molecular weight excluding hydrogens is 330 g/mol. The summed E-state index contributed by atoms with van der Waals surface area (Å²) in [4.78, 5) is 13.8. The fourth-order valence-electron chi connectivity index (χ4n) is 2.45. The molecule has 3 nitrogen and oxygen atoms in total. The third-order valence-electron chi connectivity index (χ3n) is 3.55. The van der Waals surface area contributed by atoms with Gasteiger partial charge in [0.1, 0.15) is 11.5 Å². The third kappa shape index (κ3) is 3.27. The molecule has 1 aliphatic heterocycles. The Balaban J connectivity index is 1.71. The summed E-state index contributed by atoms with van der Waals surface area (Å²) in [6, 6.07) is 17.3. The van der Waals surface area contributed by atoms with Crippen molar-refractivity contribution >= 4 is 27.5 Å². The molecule has 0 N–H and O–H groups in total. The first-order chi connectivity index (χ1) is 10.3. The molecular formula is C17H16BrNO2. The lowest BCUT2D eigenvalue weighted by molar-refractivity contribution is -0.117. The number of carbonyl (C=O) groups excluding carboxylic acids is 1. The zero-order valence-electron chi connectivity index (χ0n) is 11.5. The van der Waals surface area contributed by atoms with E-state index in [2.05, 4.69) is 15.9 Å². The van der Waals surface area contributed by atoms with Gasteiger partial charge in [0.05, 0.1) is 0 Å². The van der Waals surface area contributed by atoms with Crippen LogP contribution in [0.3, 0.4) is 0 Å². The molecule has 0 spiro atoms. The molecule has 1 aliphatic rings. The summed E-state index contributed by atoms with van der Waals surface area (Å²) in [7, 11) is 0. The summed E-state index contributed by atoms with van der Waals surface area (Å²) in [5.74, 6) is 2.17. The van der Waals surface area contributed by atoms with Gasteiger partial charge in [-0.1, -0.05) is 34.1 Å². The molecule has 0 aliphatic carbocycles. The summed E-state index contributed by atoms with van der Waals surface area (Å²) in [6.07, 6.45) is 0.619. The number of benzene rings is 2. The molecule has 21 heavy (non-hydrogen) atoms. The van der Waals surface area contributed by atoms with Gasteiger partial charge in [-0.3, -0.25) is 4.79 Å². The Morgan fingerprint density at radius 3 is 2.33 bits per heavy atom. The van der Waals surface area contributed by atoms with Crippen LogP contribution in [0.25, 0.3) is 0 Å². The van der Waals surface area contributed by atoms with Crippen LogP contribution in [0.15, 0.2) is 54.6 Å². The molecule has 1 atom stereocenters. The van der Waals surface area contributed by atoms with Crippen molar-refractivity contribution in [2.24, 2.45) is 5.92 Å². The predicted octanol–water partition coefficient (Wildman–Crippen LogP) is 4.23.